The van der Waals surface area contributed by atoms with Crippen molar-refractivity contribution in [3.05, 3.63) is 88.6 Å². The highest BCUT2D eigenvalue weighted by Crippen LogP contribution is 2.38. The van der Waals surface area contributed by atoms with E-state index in [1.54, 1.807) is 0 Å². The summed E-state index contributed by atoms with van der Waals surface area (Å²) in [5, 5.41) is 7.67. The number of anilines is 2. The predicted octanol–water partition coefficient (Wildman–Crippen LogP) is 5.11. The van der Waals surface area contributed by atoms with Gasteiger partial charge in [0.1, 0.15) is 0 Å². The van der Waals surface area contributed by atoms with Crippen molar-refractivity contribution in [1.82, 2.24) is 10.3 Å². The van der Waals surface area contributed by atoms with Crippen LogP contribution in [0.25, 0.3) is 10.9 Å². The molecule has 1 unspecified atom stereocenters. The Morgan fingerprint density at radius 3 is 2.29 bits per heavy atom. The van der Waals surface area contributed by atoms with Crippen molar-refractivity contribution in [2.45, 2.75) is 46.0 Å². The molecule has 10 heteroatoms. The normalized spacial score (nSPS) is 11.8. The van der Waals surface area contributed by atoms with E-state index < -0.39 is 17.0 Å². The number of benzene rings is 3. The molecule has 41 heavy (non-hydrogen) atoms. The van der Waals surface area contributed by atoms with Crippen LogP contribution in [0.3, 0.4) is 0 Å². The monoisotopic (exact) mass is 575 g/mol. The second-order valence-electron chi connectivity index (χ2n) is 9.38. The minimum absolute atomic E-state index is 0.0121. The lowest BCUT2D eigenvalue weighted by Gasteiger charge is -2.19. The first kappa shape index (κ1) is 30.0. The molecule has 0 bridgehead atoms. The molecule has 0 aliphatic carbocycles. The van der Waals surface area contributed by atoms with Crippen molar-refractivity contribution in [2.24, 2.45) is 5.73 Å². The molecule has 4 rings (SSSR count). The highest BCUT2D eigenvalue weighted by Gasteiger charge is 2.18. The van der Waals surface area contributed by atoms with Crippen LogP contribution in [0.1, 0.15) is 53.4 Å². The Morgan fingerprint density at radius 2 is 1.66 bits per heavy atom. The number of hydrogen-bond acceptors (Lipinski definition) is 8. The van der Waals surface area contributed by atoms with Crippen molar-refractivity contribution < 1.29 is 23.0 Å². The van der Waals surface area contributed by atoms with Gasteiger partial charge in [-0.15, -0.1) is 0 Å². The molecule has 0 spiro atoms. The van der Waals surface area contributed by atoms with Gasteiger partial charge in [0.25, 0.3) is 5.91 Å². The second-order valence-corrected chi connectivity index (χ2v) is 10.3. The fourth-order valence-corrected chi connectivity index (χ4v) is 5.22. The molecule has 3 aromatic carbocycles. The summed E-state index contributed by atoms with van der Waals surface area (Å²) in [5.41, 5.74) is 12.2. The van der Waals surface area contributed by atoms with Crippen molar-refractivity contribution in [1.29, 1.82) is 0 Å². The summed E-state index contributed by atoms with van der Waals surface area (Å²) in [7, 11) is 0. The molecule has 0 aliphatic heterocycles. The van der Waals surface area contributed by atoms with Crippen LogP contribution in [0.15, 0.2) is 60.8 Å². The highest BCUT2D eigenvalue weighted by molar-refractivity contribution is 7.78. The van der Waals surface area contributed by atoms with Gasteiger partial charge in [0.05, 0.1) is 30.0 Å². The largest absolute Gasteiger partial charge is 0.772 e. The number of fused-ring (bicyclic) bond motifs is 1. The zero-order valence-corrected chi connectivity index (χ0v) is 24.3. The number of carbonyl (C=O) groups excluding carboxylic acids is 1. The van der Waals surface area contributed by atoms with Gasteiger partial charge in [0.2, 0.25) is 0 Å². The number of ether oxygens (including phenoxy) is 2. The van der Waals surface area contributed by atoms with Crippen LogP contribution >= 0.6 is 0 Å². The minimum atomic E-state index is -2.10. The third-order valence-corrected chi connectivity index (χ3v) is 7.21. The number of nitrogens with one attached hydrogen (secondary N) is 2. The van der Waals surface area contributed by atoms with E-state index in [4.69, 9.17) is 15.2 Å². The number of nitrogens with two attached hydrogens (primary N) is 1. The lowest BCUT2D eigenvalue weighted by atomic mass is 10.0. The third-order valence-electron chi connectivity index (χ3n) is 6.64. The molecule has 4 N–H and O–H groups in total. The quantitative estimate of drug-likeness (QED) is 0.176. The molecular formula is C31H35N4O5S-. The van der Waals surface area contributed by atoms with Gasteiger partial charge >= 0.3 is 0 Å². The Bertz CT molecular complexity index is 1540. The van der Waals surface area contributed by atoms with Gasteiger partial charge in [-0.1, -0.05) is 54.4 Å². The van der Waals surface area contributed by atoms with Crippen molar-refractivity contribution in [3.63, 3.8) is 0 Å². The number of nitrogens with zero attached hydrogens (tertiary/aromatic N) is 1. The Kier molecular flexibility index (Phi) is 10.3. The van der Waals surface area contributed by atoms with E-state index in [0.717, 1.165) is 34.4 Å². The highest BCUT2D eigenvalue weighted by atomic mass is 32.2. The van der Waals surface area contributed by atoms with Crippen LogP contribution in [-0.4, -0.2) is 32.9 Å². The number of rotatable bonds is 14. The summed E-state index contributed by atoms with van der Waals surface area (Å²) >= 11 is -2.10. The molecule has 9 nitrogen and oxygen atoms in total. The summed E-state index contributed by atoms with van der Waals surface area (Å²) < 4.78 is 33.5. The fraction of sp³-hybridized carbons (Fsp3) is 0.290. The maximum atomic E-state index is 12.5. The van der Waals surface area contributed by atoms with Gasteiger partial charge in [-0.2, -0.15) is 0 Å². The summed E-state index contributed by atoms with van der Waals surface area (Å²) in [5.74, 6) is 0.580. The lowest BCUT2D eigenvalue weighted by Crippen LogP contribution is -2.16. The number of hydrogen-bond donors (Lipinski definition) is 3. The van der Waals surface area contributed by atoms with Gasteiger partial charge in [-0.05, 0) is 54.7 Å². The molecule has 0 saturated heterocycles. The topological polar surface area (TPSA) is 139 Å². The van der Waals surface area contributed by atoms with Gasteiger partial charge in [-0.25, -0.2) is 0 Å². The van der Waals surface area contributed by atoms with E-state index in [1.165, 1.54) is 6.20 Å². The molecule has 0 radical (unpaired) electrons. The van der Waals surface area contributed by atoms with Crippen LogP contribution in [0.5, 0.6) is 11.5 Å². The van der Waals surface area contributed by atoms with Crippen molar-refractivity contribution in [3.8, 4) is 11.5 Å². The standard InChI is InChI=1S/C31H36N4O5S/c1-4-23-22(17-33-16-20-10-12-21(13-11-20)19-41(37)38)8-7-9-26(23)35-30-24-14-28(39-5-2)29(40-6-3)15-27(24)34-18-25(30)31(32)36/h7-15,18,33H,4-6,16-17,19H2,1-3H3,(H2,32,36)(H,34,35)(H,37,38)/p-1. The average Bonchev–Trinajstić information content (AvgIpc) is 2.94. The smallest absolute Gasteiger partial charge is 0.252 e. The number of aromatic nitrogens is 1. The van der Waals surface area contributed by atoms with E-state index in [-0.39, 0.29) is 11.3 Å². The first-order chi connectivity index (χ1) is 19.8. The number of amides is 1. The molecule has 1 amide bonds. The van der Waals surface area contributed by atoms with Crippen LogP contribution < -0.4 is 25.8 Å². The zero-order chi connectivity index (χ0) is 29.4. The number of pyridine rings is 1. The number of carbonyl (C=O) groups is 1. The van der Waals surface area contributed by atoms with E-state index in [2.05, 4.69) is 28.6 Å². The number of primary amides is 1. The zero-order valence-electron chi connectivity index (χ0n) is 23.5. The van der Waals surface area contributed by atoms with Gasteiger partial charge in [0.15, 0.2) is 11.5 Å². The first-order valence-corrected chi connectivity index (χ1v) is 14.8. The maximum Gasteiger partial charge on any atom is 0.252 e. The fourth-order valence-electron chi connectivity index (χ4n) is 4.76. The molecule has 1 aromatic heterocycles. The van der Waals surface area contributed by atoms with Gasteiger partial charge in [0, 0.05) is 42.2 Å². The van der Waals surface area contributed by atoms with Crippen molar-refractivity contribution >= 4 is 39.3 Å². The van der Waals surface area contributed by atoms with E-state index in [0.29, 0.717) is 54.4 Å². The van der Waals surface area contributed by atoms with E-state index in [9.17, 15) is 13.6 Å². The van der Waals surface area contributed by atoms with E-state index >= 15 is 0 Å². The molecular weight excluding hydrogens is 540 g/mol. The molecule has 0 aliphatic rings. The minimum Gasteiger partial charge on any atom is -0.772 e. The molecule has 0 saturated carbocycles. The molecule has 0 fully saturated rings. The Morgan fingerprint density at radius 1 is 0.976 bits per heavy atom. The summed E-state index contributed by atoms with van der Waals surface area (Å²) in [6.07, 6.45) is 2.24. The van der Waals surface area contributed by atoms with E-state index in [1.807, 2.05) is 62.4 Å². The van der Waals surface area contributed by atoms with Crippen LogP contribution in [-0.2, 0) is 36.3 Å². The molecule has 4 aromatic rings. The Labute approximate surface area is 242 Å². The van der Waals surface area contributed by atoms with Crippen LogP contribution in [0, 0.1) is 0 Å². The molecule has 216 valence electrons. The predicted molar refractivity (Wildman–Crippen MR) is 161 cm³/mol. The lowest BCUT2D eigenvalue weighted by molar-refractivity contribution is 0.100. The van der Waals surface area contributed by atoms with Crippen molar-refractivity contribution in [2.75, 3.05) is 18.5 Å². The van der Waals surface area contributed by atoms with Crippen LogP contribution in [0.2, 0.25) is 0 Å². The van der Waals surface area contributed by atoms with Gasteiger partial charge in [-0.3, -0.25) is 14.0 Å². The van der Waals surface area contributed by atoms with Gasteiger partial charge < -0.3 is 30.4 Å². The Hall–Kier alpha value is -3.99. The average molecular weight is 576 g/mol. The second kappa shape index (κ2) is 14.1. The first-order valence-electron chi connectivity index (χ1n) is 13.6. The Balaban J connectivity index is 1.63. The van der Waals surface area contributed by atoms with Crippen LogP contribution in [0.4, 0.5) is 11.4 Å². The molecule has 1 heterocycles. The third kappa shape index (κ3) is 7.40. The molecule has 1 atom stereocenters. The maximum absolute atomic E-state index is 12.5. The summed E-state index contributed by atoms with van der Waals surface area (Å²) in [4.78, 5) is 16.9. The summed E-state index contributed by atoms with van der Waals surface area (Å²) in [6.45, 7) is 8.08. The summed E-state index contributed by atoms with van der Waals surface area (Å²) in [6, 6.07) is 17.2. The SMILES string of the molecule is CCOc1cc2ncc(C(N)=O)c(Nc3cccc(CNCc4ccc(CS(=O)[O-])cc4)c3CC)c2cc1OCC.